The largest absolute Gasteiger partial charge is 0.382 e. The number of piperidine rings is 1. The predicted molar refractivity (Wildman–Crippen MR) is 129 cm³/mol. The van der Waals surface area contributed by atoms with Crippen molar-refractivity contribution < 1.29 is 9.59 Å². The number of para-hydroxylation sites is 1. The standard InChI is InChI=1S/C26H34N4O2/c1-26(2,3)28-25(32)20-11-13-29(14-12-20)17-19-7-6-8-21(15-19)30(18-31)24-16-27-23-10-5-4-9-22(23)24/h4-10,15,18,20,24,27H,11-14,16-17H2,1-3H3,(H,28,32). The number of likely N-dealkylation sites (tertiary alicyclic amines) is 1. The molecule has 2 aliphatic rings. The van der Waals surface area contributed by atoms with E-state index in [9.17, 15) is 9.59 Å². The fourth-order valence-electron chi connectivity index (χ4n) is 4.73. The number of hydrogen-bond donors (Lipinski definition) is 2. The number of fused-ring (bicyclic) bond motifs is 1. The lowest BCUT2D eigenvalue weighted by Crippen LogP contribution is -2.46. The van der Waals surface area contributed by atoms with Crippen LogP contribution in [-0.4, -0.2) is 42.4 Å². The van der Waals surface area contributed by atoms with E-state index in [0.717, 1.165) is 55.8 Å². The topological polar surface area (TPSA) is 64.7 Å². The van der Waals surface area contributed by atoms with Gasteiger partial charge in [-0.3, -0.25) is 14.5 Å². The second-order valence-electron chi connectivity index (χ2n) is 9.96. The Morgan fingerprint density at radius 3 is 2.62 bits per heavy atom. The summed E-state index contributed by atoms with van der Waals surface area (Å²) in [6, 6.07) is 16.4. The summed E-state index contributed by atoms with van der Waals surface area (Å²) in [5.41, 5.74) is 4.17. The lowest BCUT2D eigenvalue weighted by atomic mass is 9.94. The van der Waals surface area contributed by atoms with Crippen LogP contribution in [0.2, 0.25) is 0 Å². The number of amides is 2. The second kappa shape index (κ2) is 9.33. The van der Waals surface area contributed by atoms with Gasteiger partial charge in [0.1, 0.15) is 0 Å². The van der Waals surface area contributed by atoms with Gasteiger partial charge in [-0.25, -0.2) is 0 Å². The molecular formula is C26H34N4O2. The molecule has 2 aliphatic heterocycles. The molecule has 2 aromatic rings. The lowest BCUT2D eigenvalue weighted by molar-refractivity contribution is -0.128. The molecule has 0 aliphatic carbocycles. The molecular weight excluding hydrogens is 400 g/mol. The minimum absolute atomic E-state index is 0.00368. The average Bonchev–Trinajstić information content (AvgIpc) is 3.18. The molecule has 1 saturated heterocycles. The third-order valence-corrected chi connectivity index (χ3v) is 6.33. The molecule has 6 heteroatoms. The summed E-state index contributed by atoms with van der Waals surface area (Å²) in [7, 11) is 0. The van der Waals surface area contributed by atoms with Crippen LogP contribution in [0.1, 0.15) is 50.8 Å². The van der Waals surface area contributed by atoms with Gasteiger partial charge in [0.25, 0.3) is 0 Å². The number of benzene rings is 2. The number of rotatable bonds is 6. The highest BCUT2D eigenvalue weighted by molar-refractivity contribution is 5.80. The summed E-state index contributed by atoms with van der Waals surface area (Å²) in [6.45, 7) is 9.43. The molecule has 2 heterocycles. The zero-order valence-corrected chi connectivity index (χ0v) is 19.3. The first kappa shape index (κ1) is 22.3. The van der Waals surface area contributed by atoms with E-state index in [1.165, 1.54) is 5.56 Å². The van der Waals surface area contributed by atoms with Crippen molar-refractivity contribution in [3.8, 4) is 0 Å². The summed E-state index contributed by atoms with van der Waals surface area (Å²) in [5, 5.41) is 6.51. The van der Waals surface area contributed by atoms with Gasteiger partial charge in [0.05, 0.1) is 6.04 Å². The average molecular weight is 435 g/mol. The Labute approximate surface area is 191 Å². The first-order chi connectivity index (χ1) is 15.3. The first-order valence-electron chi connectivity index (χ1n) is 11.5. The van der Waals surface area contributed by atoms with Crippen LogP contribution in [-0.2, 0) is 16.1 Å². The fraction of sp³-hybridized carbons (Fsp3) is 0.462. The molecule has 2 amide bonds. The Morgan fingerprint density at radius 1 is 1.16 bits per heavy atom. The maximum absolute atomic E-state index is 12.5. The minimum Gasteiger partial charge on any atom is -0.382 e. The van der Waals surface area contributed by atoms with E-state index in [4.69, 9.17) is 0 Å². The van der Waals surface area contributed by atoms with Crippen LogP contribution in [0, 0.1) is 5.92 Å². The Kier molecular flexibility index (Phi) is 6.51. The number of carbonyl (C=O) groups is 2. The van der Waals surface area contributed by atoms with Crippen molar-refractivity contribution in [3.63, 3.8) is 0 Å². The van der Waals surface area contributed by atoms with Gasteiger partial charge in [-0.05, 0) is 76.0 Å². The van der Waals surface area contributed by atoms with Crippen molar-refractivity contribution >= 4 is 23.7 Å². The summed E-state index contributed by atoms with van der Waals surface area (Å²) >= 11 is 0. The van der Waals surface area contributed by atoms with Crippen LogP contribution in [0.5, 0.6) is 0 Å². The SMILES string of the molecule is CC(C)(C)NC(=O)C1CCN(Cc2cccc(N(C=O)C3CNc4ccccc43)c2)CC1. The molecule has 4 rings (SSSR count). The number of carbonyl (C=O) groups excluding carboxylic acids is 2. The van der Waals surface area contributed by atoms with E-state index in [-0.39, 0.29) is 23.4 Å². The lowest BCUT2D eigenvalue weighted by Gasteiger charge is -2.33. The number of anilines is 2. The first-order valence-corrected chi connectivity index (χ1v) is 11.5. The fourth-order valence-corrected chi connectivity index (χ4v) is 4.73. The summed E-state index contributed by atoms with van der Waals surface area (Å²) in [4.78, 5) is 28.7. The van der Waals surface area contributed by atoms with Gasteiger partial charge in [-0.15, -0.1) is 0 Å². The number of nitrogens with zero attached hydrogens (tertiary/aromatic N) is 2. The molecule has 0 bridgehead atoms. The highest BCUT2D eigenvalue weighted by atomic mass is 16.2. The molecule has 2 N–H and O–H groups in total. The van der Waals surface area contributed by atoms with Gasteiger partial charge in [0.15, 0.2) is 0 Å². The molecule has 170 valence electrons. The van der Waals surface area contributed by atoms with Crippen molar-refractivity contribution in [1.29, 1.82) is 0 Å². The van der Waals surface area contributed by atoms with Crippen LogP contribution in [0.25, 0.3) is 0 Å². The predicted octanol–water partition coefficient (Wildman–Crippen LogP) is 3.94. The van der Waals surface area contributed by atoms with Gasteiger partial charge in [0.2, 0.25) is 12.3 Å². The molecule has 1 atom stereocenters. The van der Waals surface area contributed by atoms with Gasteiger partial charge in [0, 0.05) is 35.9 Å². The van der Waals surface area contributed by atoms with Gasteiger partial charge < -0.3 is 15.5 Å². The molecule has 0 spiro atoms. The molecule has 0 aromatic heterocycles. The van der Waals surface area contributed by atoms with E-state index in [0.29, 0.717) is 6.54 Å². The van der Waals surface area contributed by atoms with E-state index in [1.807, 2.05) is 49.9 Å². The maximum atomic E-state index is 12.5. The van der Waals surface area contributed by atoms with E-state index >= 15 is 0 Å². The Hall–Kier alpha value is -2.86. The van der Waals surface area contributed by atoms with E-state index in [1.54, 1.807) is 0 Å². The van der Waals surface area contributed by atoms with Crippen molar-refractivity contribution in [1.82, 2.24) is 10.2 Å². The quantitative estimate of drug-likeness (QED) is 0.676. The van der Waals surface area contributed by atoms with Gasteiger partial charge >= 0.3 is 0 Å². The molecule has 32 heavy (non-hydrogen) atoms. The van der Waals surface area contributed by atoms with Crippen LogP contribution < -0.4 is 15.5 Å². The molecule has 0 radical (unpaired) electrons. The van der Waals surface area contributed by atoms with E-state index in [2.05, 4.69) is 39.8 Å². The van der Waals surface area contributed by atoms with Crippen molar-refractivity contribution in [2.45, 2.75) is 51.7 Å². The highest BCUT2D eigenvalue weighted by Gasteiger charge is 2.29. The van der Waals surface area contributed by atoms with Crippen LogP contribution in [0.3, 0.4) is 0 Å². The van der Waals surface area contributed by atoms with Crippen molar-refractivity contribution in [2.75, 3.05) is 29.9 Å². The van der Waals surface area contributed by atoms with Crippen LogP contribution in [0.4, 0.5) is 11.4 Å². The molecule has 0 saturated carbocycles. The third kappa shape index (κ3) is 5.13. The van der Waals surface area contributed by atoms with Gasteiger partial charge in [-0.1, -0.05) is 30.3 Å². The Balaban J connectivity index is 1.39. The summed E-state index contributed by atoms with van der Waals surface area (Å²) in [5.74, 6) is 0.267. The minimum atomic E-state index is -0.186. The molecule has 1 unspecified atom stereocenters. The number of hydrogen-bond acceptors (Lipinski definition) is 4. The highest BCUT2D eigenvalue weighted by Crippen LogP contribution is 2.35. The smallest absolute Gasteiger partial charge is 0.223 e. The molecule has 2 aromatic carbocycles. The zero-order valence-electron chi connectivity index (χ0n) is 19.3. The van der Waals surface area contributed by atoms with Crippen LogP contribution in [0.15, 0.2) is 48.5 Å². The monoisotopic (exact) mass is 434 g/mol. The van der Waals surface area contributed by atoms with Crippen LogP contribution >= 0.6 is 0 Å². The molecule has 6 nitrogen and oxygen atoms in total. The maximum Gasteiger partial charge on any atom is 0.223 e. The van der Waals surface area contributed by atoms with Crippen molar-refractivity contribution in [3.05, 3.63) is 59.7 Å². The summed E-state index contributed by atoms with van der Waals surface area (Å²) < 4.78 is 0. The summed E-state index contributed by atoms with van der Waals surface area (Å²) in [6.07, 6.45) is 2.70. The van der Waals surface area contributed by atoms with E-state index < -0.39 is 0 Å². The second-order valence-corrected chi connectivity index (χ2v) is 9.96. The third-order valence-electron chi connectivity index (χ3n) is 6.33. The van der Waals surface area contributed by atoms with Gasteiger partial charge in [-0.2, -0.15) is 0 Å². The number of nitrogens with one attached hydrogen (secondary N) is 2. The Bertz CT molecular complexity index is 960. The van der Waals surface area contributed by atoms with Crippen molar-refractivity contribution in [2.24, 2.45) is 5.92 Å². The normalized spacial score (nSPS) is 19.2. The Morgan fingerprint density at radius 2 is 1.91 bits per heavy atom. The zero-order chi connectivity index (χ0) is 22.7. The molecule has 1 fully saturated rings.